The van der Waals surface area contributed by atoms with E-state index in [1.807, 2.05) is 6.07 Å². The standard InChI is InChI=1S/C12H14N4O3S/c1-16-5-4-10(12(16)17)15-20(18,19)11-3-2-8(7-13)6-9(11)14/h2-3,6,10,15H,4-5,14H2,1H3. The van der Waals surface area contributed by atoms with Crippen LogP contribution >= 0.6 is 0 Å². The van der Waals surface area contributed by atoms with Crippen molar-refractivity contribution < 1.29 is 13.2 Å². The highest BCUT2D eigenvalue weighted by atomic mass is 32.2. The molecule has 0 radical (unpaired) electrons. The summed E-state index contributed by atoms with van der Waals surface area (Å²) in [5.74, 6) is -0.263. The summed E-state index contributed by atoms with van der Waals surface area (Å²) in [6, 6.07) is 5.03. The van der Waals surface area contributed by atoms with E-state index in [2.05, 4.69) is 4.72 Å². The molecule has 1 fully saturated rings. The van der Waals surface area contributed by atoms with Gasteiger partial charge in [-0.05, 0) is 24.6 Å². The van der Waals surface area contributed by atoms with Crippen molar-refractivity contribution in [2.75, 3.05) is 19.3 Å². The van der Waals surface area contributed by atoms with Gasteiger partial charge in [-0.15, -0.1) is 0 Å². The normalized spacial score (nSPS) is 19.1. The molecule has 1 amide bonds. The molecule has 0 aromatic heterocycles. The number of hydrogen-bond acceptors (Lipinski definition) is 5. The topological polar surface area (TPSA) is 116 Å². The van der Waals surface area contributed by atoms with Crippen molar-refractivity contribution >= 4 is 21.6 Å². The molecule has 0 saturated carbocycles. The molecule has 1 aliphatic rings. The zero-order valence-electron chi connectivity index (χ0n) is 10.8. The lowest BCUT2D eigenvalue weighted by atomic mass is 10.2. The number of amides is 1. The molecule has 1 aliphatic heterocycles. The summed E-state index contributed by atoms with van der Waals surface area (Å²) < 4.78 is 26.8. The van der Waals surface area contributed by atoms with Gasteiger partial charge in [-0.1, -0.05) is 0 Å². The third kappa shape index (κ3) is 2.59. The lowest BCUT2D eigenvalue weighted by Crippen LogP contribution is -2.40. The van der Waals surface area contributed by atoms with Crippen molar-refractivity contribution in [2.24, 2.45) is 0 Å². The highest BCUT2D eigenvalue weighted by Crippen LogP contribution is 2.21. The summed E-state index contributed by atoms with van der Waals surface area (Å²) in [5, 5.41) is 8.73. The fourth-order valence-electron chi connectivity index (χ4n) is 2.05. The van der Waals surface area contributed by atoms with Crippen LogP contribution in [0.15, 0.2) is 23.1 Å². The lowest BCUT2D eigenvalue weighted by Gasteiger charge is -2.14. The van der Waals surface area contributed by atoms with Crippen LogP contribution in [-0.2, 0) is 14.8 Å². The van der Waals surface area contributed by atoms with Crippen LogP contribution < -0.4 is 10.5 Å². The molecule has 1 heterocycles. The smallest absolute Gasteiger partial charge is 0.243 e. The molecule has 2 rings (SSSR count). The van der Waals surface area contributed by atoms with Crippen molar-refractivity contribution in [3.8, 4) is 6.07 Å². The molecule has 106 valence electrons. The van der Waals surface area contributed by atoms with E-state index >= 15 is 0 Å². The van der Waals surface area contributed by atoms with Crippen LogP contribution in [0.3, 0.4) is 0 Å². The van der Waals surface area contributed by atoms with Gasteiger partial charge in [0.2, 0.25) is 15.9 Å². The number of anilines is 1. The van der Waals surface area contributed by atoms with Gasteiger partial charge in [-0.3, -0.25) is 4.79 Å². The number of carbonyl (C=O) groups excluding carboxylic acids is 1. The summed E-state index contributed by atoms with van der Waals surface area (Å²) >= 11 is 0. The highest BCUT2D eigenvalue weighted by Gasteiger charge is 2.33. The van der Waals surface area contributed by atoms with E-state index in [9.17, 15) is 13.2 Å². The van der Waals surface area contributed by atoms with E-state index in [0.717, 1.165) is 0 Å². The number of nitrogens with one attached hydrogen (secondary N) is 1. The quantitative estimate of drug-likeness (QED) is 0.739. The van der Waals surface area contributed by atoms with Gasteiger partial charge in [0.05, 0.1) is 17.3 Å². The van der Waals surface area contributed by atoms with E-state index in [-0.39, 0.29) is 22.1 Å². The number of sulfonamides is 1. The molecule has 0 spiro atoms. The molecule has 1 unspecified atom stereocenters. The second kappa shape index (κ2) is 5.11. The van der Waals surface area contributed by atoms with E-state index in [4.69, 9.17) is 11.0 Å². The molecule has 7 nitrogen and oxygen atoms in total. The van der Waals surface area contributed by atoms with Crippen LogP contribution in [0.4, 0.5) is 5.69 Å². The predicted octanol–water partition coefficient (Wildman–Crippen LogP) is -0.351. The second-order valence-corrected chi connectivity index (χ2v) is 6.27. The van der Waals surface area contributed by atoms with Crippen molar-refractivity contribution in [1.29, 1.82) is 5.26 Å². The number of nitrogen functional groups attached to an aromatic ring is 1. The molecule has 8 heteroatoms. The minimum Gasteiger partial charge on any atom is -0.398 e. The first-order valence-corrected chi connectivity index (χ1v) is 7.40. The van der Waals surface area contributed by atoms with E-state index in [0.29, 0.717) is 13.0 Å². The Morgan fingerprint density at radius 2 is 2.20 bits per heavy atom. The summed E-state index contributed by atoms with van der Waals surface area (Å²) in [6.45, 7) is 0.509. The number of carbonyl (C=O) groups is 1. The molecule has 20 heavy (non-hydrogen) atoms. The van der Waals surface area contributed by atoms with Crippen LogP contribution in [0.1, 0.15) is 12.0 Å². The largest absolute Gasteiger partial charge is 0.398 e. The SMILES string of the molecule is CN1CCC(NS(=O)(=O)c2ccc(C#N)cc2N)C1=O. The summed E-state index contributed by atoms with van der Waals surface area (Å²) in [4.78, 5) is 13.1. The number of hydrogen-bond donors (Lipinski definition) is 2. The van der Waals surface area contributed by atoms with Gasteiger partial charge in [-0.2, -0.15) is 9.98 Å². The van der Waals surface area contributed by atoms with E-state index in [1.165, 1.54) is 23.1 Å². The predicted molar refractivity (Wildman–Crippen MR) is 71.9 cm³/mol. The van der Waals surface area contributed by atoms with Gasteiger partial charge in [0.25, 0.3) is 0 Å². The average molecular weight is 294 g/mol. The molecule has 1 atom stereocenters. The third-order valence-electron chi connectivity index (χ3n) is 3.15. The fourth-order valence-corrected chi connectivity index (χ4v) is 3.38. The summed E-state index contributed by atoms with van der Waals surface area (Å²) in [6.07, 6.45) is 0.421. The minimum absolute atomic E-state index is 0.0182. The van der Waals surface area contributed by atoms with Crippen LogP contribution in [0.5, 0.6) is 0 Å². The number of nitrogens with zero attached hydrogens (tertiary/aromatic N) is 2. The van der Waals surface area contributed by atoms with Crippen LogP contribution in [-0.4, -0.2) is 38.9 Å². The first-order chi connectivity index (χ1) is 9.35. The Labute approximate surface area is 117 Å². The number of benzene rings is 1. The van der Waals surface area contributed by atoms with Gasteiger partial charge in [0.15, 0.2) is 0 Å². The van der Waals surface area contributed by atoms with Gasteiger partial charge in [0, 0.05) is 13.6 Å². The Bertz CT molecular complexity index is 693. The number of nitriles is 1. The molecular formula is C12H14N4O3S. The van der Waals surface area contributed by atoms with Crippen LogP contribution in [0, 0.1) is 11.3 Å². The van der Waals surface area contributed by atoms with E-state index in [1.54, 1.807) is 7.05 Å². The Hall–Kier alpha value is -2.11. The maximum atomic E-state index is 12.2. The number of likely N-dealkylation sites (tertiary alicyclic amines) is 1. The van der Waals surface area contributed by atoms with Gasteiger partial charge < -0.3 is 10.6 Å². The average Bonchev–Trinajstić information content (AvgIpc) is 2.69. The molecule has 1 saturated heterocycles. The second-order valence-electron chi connectivity index (χ2n) is 4.59. The van der Waals surface area contributed by atoms with E-state index < -0.39 is 16.1 Å². The summed E-state index contributed by atoms with van der Waals surface area (Å²) in [5.41, 5.74) is 5.91. The summed E-state index contributed by atoms with van der Waals surface area (Å²) in [7, 11) is -2.27. The minimum atomic E-state index is -3.89. The molecular weight excluding hydrogens is 280 g/mol. The Kier molecular flexibility index (Phi) is 3.65. The zero-order valence-corrected chi connectivity index (χ0v) is 11.6. The van der Waals surface area contributed by atoms with Crippen LogP contribution in [0.2, 0.25) is 0 Å². The molecule has 1 aromatic carbocycles. The molecule has 3 N–H and O–H groups in total. The van der Waals surface area contributed by atoms with Crippen molar-refractivity contribution in [3.63, 3.8) is 0 Å². The Morgan fingerprint density at radius 1 is 1.50 bits per heavy atom. The maximum Gasteiger partial charge on any atom is 0.243 e. The third-order valence-corrected chi connectivity index (χ3v) is 4.70. The van der Waals surface area contributed by atoms with Crippen molar-refractivity contribution in [1.82, 2.24) is 9.62 Å². The Balaban J connectivity index is 2.28. The lowest BCUT2D eigenvalue weighted by molar-refractivity contribution is -0.127. The van der Waals surface area contributed by atoms with Crippen molar-refractivity contribution in [2.45, 2.75) is 17.4 Å². The van der Waals surface area contributed by atoms with Gasteiger partial charge in [-0.25, -0.2) is 8.42 Å². The number of rotatable bonds is 3. The fraction of sp³-hybridized carbons (Fsp3) is 0.333. The Morgan fingerprint density at radius 3 is 2.70 bits per heavy atom. The first kappa shape index (κ1) is 14.3. The van der Waals surface area contributed by atoms with Gasteiger partial charge in [0.1, 0.15) is 10.9 Å². The van der Waals surface area contributed by atoms with Crippen LogP contribution in [0.25, 0.3) is 0 Å². The van der Waals surface area contributed by atoms with Gasteiger partial charge >= 0.3 is 0 Å². The molecule has 1 aromatic rings. The van der Waals surface area contributed by atoms with Crippen molar-refractivity contribution in [3.05, 3.63) is 23.8 Å². The maximum absolute atomic E-state index is 12.2. The molecule has 0 bridgehead atoms. The number of likely N-dealkylation sites (N-methyl/N-ethyl adjacent to an activating group) is 1. The zero-order chi connectivity index (χ0) is 14.9. The molecule has 0 aliphatic carbocycles. The monoisotopic (exact) mass is 294 g/mol. The highest BCUT2D eigenvalue weighted by molar-refractivity contribution is 7.89. The number of nitrogens with two attached hydrogens (primary N) is 1. The first-order valence-electron chi connectivity index (χ1n) is 5.92.